The highest BCUT2D eigenvalue weighted by molar-refractivity contribution is 7.13. The molecule has 0 radical (unpaired) electrons. The van der Waals surface area contributed by atoms with Crippen LogP contribution in [0, 0.1) is 11.6 Å². The van der Waals surface area contributed by atoms with E-state index in [1.807, 2.05) is 0 Å². The molecule has 2 aromatic rings. The summed E-state index contributed by atoms with van der Waals surface area (Å²) >= 11 is 0.157. The van der Waals surface area contributed by atoms with Crippen LogP contribution in [0.3, 0.4) is 0 Å². The molecule has 0 N–H and O–H groups in total. The first-order valence-corrected chi connectivity index (χ1v) is 7.83. The molecule has 11 heteroatoms. The largest absolute Gasteiger partial charge is 0.459 e. The first-order valence-electron chi connectivity index (χ1n) is 7.01. The number of carbonyl (C=O) groups excluding carboxylic acids is 1. The summed E-state index contributed by atoms with van der Waals surface area (Å²) in [6.07, 6.45) is -4.13. The Bertz CT molecular complexity index is 750. The van der Waals surface area contributed by atoms with Crippen LogP contribution >= 0.6 is 11.3 Å². The maximum Gasteiger partial charge on any atom is 0.445 e. The molecule has 5 nitrogen and oxygen atoms in total. The monoisotopic (exact) mass is 381 g/mol. The van der Waals surface area contributed by atoms with Crippen molar-refractivity contribution in [2.45, 2.75) is 19.5 Å². The molecule has 25 heavy (non-hydrogen) atoms. The molecule has 0 bridgehead atoms. The van der Waals surface area contributed by atoms with Crippen LogP contribution in [0.5, 0.6) is 5.19 Å². The van der Waals surface area contributed by atoms with Gasteiger partial charge in [0.2, 0.25) is 5.01 Å². The Morgan fingerprint density at radius 2 is 1.96 bits per heavy atom. The van der Waals surface area contributed by atoms with E-state index in [-0.39, 0.29) is 23.6 Å². The Kier molecular flexibility index (Phi) is 5.88. The lowest BCUT2D eigenvalue weighted by molar-refractivity contribution is -0.138. The summed E-state index contributed by atoms with van der Waals surface area (Å²) in [5.74, 6) is -2.82. The first kappa shape index (κ1) is 19.0. The van der Waals surface area contributed by atoms with E-state index < -0.39 is 40.5 Å². The molecule has 1 heterocycles. The first-order chi connectivity index (χ1) is 11.7. The summed E-state index contributed by atoms with van der Waals surface area (Å²) in [6, 6.07) is 2.95. The van der Waals surface area contributed by atoms with E-state index in [4.69, 9.17) is 4.74 Å². The number of alkyl halides is 3. The summed E-state index contributed by atoms with van der Waals surface area (Å²) in [5, 5.41) is 4.52. The zero-order chi connectivity index (χ0) is 18.6. The number of carbonyl (C=O) groups is 1. The summed E-state index contributed by atoms with van der Waals surface area (Å²) in [7, 11) is 0. The zero-order valence-corrected chi connectivity index (χ0v) is 13.6. The average molecular weight is 381 g/mol. The third kappa shape index (κ3) is 4.84. The molecule has 0 saturated heterocycles. The standard InChI is InChI=1S/C14H12F5N3O2S/c1-2-5-22(8-3-4-9(15)10(16)6-8)11(23)7-24-13-21-20-12(25-13)14(17,18)19/h3-4,6H,2,5,7H2,1H3. The Labute approximate surface area is 143 Å². The number of hydrogen-bond acceptors (Lipinski definition) is 5. The molecule has 136 valence electrons. The van der Waals surface area contributed by atoms with Crippen LogP contribution < -0.4 is 9.64 Å². The van der Waals surface area contributed by atoms with Crippen molar-refractivity contribution in [3.8, 4) is 5.19 Å². The van der Waals surface area contributed by atoms with Crippen LogP contribution in [0.4, 0.5) is 27.6 Å². The van der Waals surface area contributed by atoms with E-state index in [9.17, 15) is 26.7 Å². The van der Waals surface area contributed by atoms with Crippen molar-refractivity contribution >= 4 is 22.9 Å². The predicted molar refractivity (Wildman–Crippen MR) is 79.4 cm³/mol. The van der Waals surface area contributed by atoms with Crippen molar-refractivity contribution in [1.29, 1.82) is 0 Å². The molecule has 0 atom stereocenters. The minimum absolute atomic E-state index is 0.114. The fourth-order valence-electron chi connectivity index (χ4n) is 1.86. The third-order valence-electron chi connectivity index (χ3n) is 2.93. The molecular formula is C14H12F5N3O2S. The molecule has 0 saturated carbocycles. The maximum absolute atomic E-state index is 13.3. The van der Waals surface area contributed by atoms with Gasteiger partial charge in [-0.05, 0) is 18.6 Å². The second-order valence-electron chi connectivity index (χ2n) is 4.80. The lowest BCUT2D eigenvalue weighted by Gasteiger charge is -2.22. The molecule has 1 aromatic carbocycles. The second-order valence-corrected chi connectivity index (χ2v) is 5.74. The number of nitrogens with zero attached hydrogens (tertiary/aromatic N) is 3. The van der Waals surface area contributed by atoms with Gasteiger partial charge in [-0.25, -0.2) is 8.78 Å². The number of anilines is 1. The van der Waals surface area contributed by atoms with Crippen LogP contribution in [-0.4, -0.2) is 29.3 Å². The quantitative estimate of drug-likeness (QED) is 0.717. The normalized spacial score (nSPS) is 11.4. The van der Waals surface area contributed by atoms with Crippen molar-refractivity contribution in [3.05, 3.63) is 34.8 Å². The van der Waals surface area contributed by atoms with Gasteiger partial charge in [0.1, 0.15) is 0 Å². The van der Waals surface area contributed by atoms with Crippen LogP contribution in [0.25, 0.3) is 0 Å². The average Bonchev–Trinajstić information content (AvgIpc) is 3.02. The van der Waals surface area contributed by atoms with Gasteiger partial charge < -0.3 is 9.64 Å². The van der Waals surface area contributed by atoms with Crippen LogP contribution in [0.1, 0.15) is 18.4 Å². The summed E-state index contributed by atoms with van der Waals surface area (Å²) in [5.41, 5.74) is 0.114. The van der Waals surface area contributed by atoms with Crippen LogP contribution in [0.15, 0.2) is 18.2 Å². The van der Waals surface area contributed by atoms with E-state index in [1.165, 1.54) is 6.07 Å². The smallest absolute Gasteiger partial charge is 0.445 e. The SMILES string of the molecule is CCCN(C(=O)COc1nnc(C(F)(F)F)s1)c1ccc(F)c(F)c1. The van der Waals surface area contributed by atoms with Gasteiger partial charge in [-0.15, -0.1) is 5.10 Å². The number of halogens is 5. The van der Waals surface area contributed by atoms with Gasteiger partial charge in [0.05, 0.1) is 0 Å². The van der Waals surface area contributed by atoms with Crippen molar-refractivity contribution < 1.29 is 31.5 Å². The number of hydrogen-bond donors (Lipinski definition) is 0. The van der Waals surface area contributed by atoms with Crippen LogP contribution in [-0.2, 0) is 11.0 Å². The minimum atomic E-state index is -4.65. The summed E-state index contributed by atoms with van der Waals surface area (Å²) in [4.78, 5) is 13.4. The van der Waals surface area contributed by atoms with E-state index in [0.29, 0.717) is 6.42 Å². The van der Waals surface area contributed by atoms with Gasteiger partial charge in [0.25, 0.3) is 11.1 Å². The molecule has 0 aliphatic carbocycles. The highest BCUT2D eigenvalue weighted by Crippen LogP contribution is 2.33. The third-order valence-corrected chi connectivity index (χ3v) is 3.81. The molecule has 1 amide bonds. The van der Waals surface area contributed by atoms with Gasteiger partial charge in [-0.3, -0.25) is 4.79 Å². The van der Waals surface area contributed by atoms with Gasteiger partial charge in [0, 0.05) is 18.3 Å². The Morgan fingerprint density at radius 3 is 2.52 bits per heavy atom. The highest BCUT2D eigenvalue weighted by atomic mass is 32.1. The fraction of sp³-hybridized carbons (Fsp3) is 0.357. The Hall–Kier alpha value is -2.30. The van der Waals surface area contributed by atoms with E-state index in [1.54, 1.807) is 6.92 Å². The molecule has 0 aliphatic rings. The van der Waals surface area contributed by atoms with Gasteiger partial charge in [0.15, 0.2) is 18.2 Å². The summed E-state index contributed by atoms with van der Waals surface area (Å²) in [6.45, 7) is 1.34. The molecular weight excluding hydrogens is 369 g/mol. The fourth-order valence-corrected chi connectivity index (χ4v) is 2.42. The molecule has 0 fully saturated rings. The van der Waals surface area contributed by atoms with E-state index >= 15 is 0 Å². The second kappa shape index (κ2) is 7.72. The predicted octanol–water partition coefficient (Wildman–Crippen LogP) is 3.66. The number of amides is 1. The lowest BCUT2D eigenvalue weighted by Crippen LogP contribution is -2.35. The number of benzene rings is 1. The minimum Gasteiger partial charge on any atom is -0.459 e. The Balaban J connectivity index is 2.07. The lowest BCUT2D eigenvalue weighted by atomic mass is 10.2. The molecule has 1 aromatic heterocycles. The van der Waals surface area contributed by atoms with Gasteiger partial charge >= 0.3 is 6.18 Å². The van der Waals surface area contributed by atoms with E-state index in [0.717, 1.165) is 17.0 Å². The molecule has 0 unspecified atom stereocenters. The van der Waals surface area contributed by atoms with Crippen molar-refractivity contribution in [2.24, 2.45) is 0 Å². The van der Waals surface area contributed by atoms with E-state index in [2.05, 4.69) is 10.2 Å². The van der Waals surface area contributed by atoms with Gasteiger partial charge in [-0.2, -0.15) is 13.2 Å². The topological polar surface area (TPSA) is 55.3 Å². The zero-order valence-electron chi connectivity index (χ0n) is 12.8. The highest BCUT2D eigenvalue weighted by Gasteiger charge is 2.36. The van der Waals surface area contributed by atoms with Gasteiger partial charge in [-0.1, -0.05) is 23.4 Å². The van der Waals surface area contributed by atoms with Crippen molar-refractivity contribution in [2.75, 3.05) is 18.1 Å². The Morgan fingerprint density at radius 1 is 1.24 bits per heavy atom. The molecule has 0 aliphatic heterocycles. The van der Waals surface area contributed by atoms with Crippen LogP contribution in [0.2, 0.25) is 0 Å². The molecule has 2 rings (SSSR count). The maximum atomic E-state index is 13.3. The molecule has 0 spiro atoms. The number of rotatable bonds is 6. The number of ether oxygens (including phenoxy) is 1. The van der Waals surface area contributed by atoms with Crippen molar-refractivity contribution in [3.63, 3.8) is 0 Å². The summed E-state index contributed by atoms with van der Waals surface area (Å²) < 4.78 is 68.6. The van der Waals surface area contributed by atoms with Crippen molar-refractivity contribution in [1.82, 2.24) is 10.2 Å². The number of aromatic nitrogens is 2.